The monoisotopic (exact) mass is 943 g/mol. The van der Waals surface area contributed by atoms with E-state index in [4.69, 9.17) is 0 Å². The van der Waals surface area contributed by atoms with E-state index in [2.05, 4.69) is 242 Å². The molecule has 0 saturated carbocycles. The molecule has 0 spiro atoms. The molecule has 0 saturated heterocycles. The van der Waals surface area contributed by atoms with Gasteiger partial charge in [-0.25, -0.2) is 0 Å². The third-order valence-electron chi connectivity index (χ3n) is 15.5. The molecular formula is C64H58BN3S2. The summed E-state index contributed by atoms with van der Waals surface area (Å²) >= 11 is 3.85. The molecule has 0 amide bonds. The Balaban J connectivity index is 1.16. The zero-order valence-corrected chi connectivity index (χ0v) is 43.8. The maximum Gasteiger partial charge on any atom is 0.252 e. The van der Waals surface area contributed by atoms with Gasteiger partial charge in [-0.2, -0.15) is 0 Å². The Labute approximate surface area is 420 Å². The van der Waals surface area contributed by atoms with Crippen LogP contribution in [0.5, 0.6) is 0 Å². The number of fused-ring (bicyclic) bond motifs is 12. The van der Waals surface area contributed by atoms with Gasteiger partial charge < -0.3 is 14.4 Å². The topological polar surface area (TPSA) is 11.4 Å². The molecule has 3 nitrogen and oxygen atoms in total. The number of benzene rings is 8. The Bertz CT molecular complexity index is 3950. The number of rotatable bonds is 4. The van der Waals surface area contributed by atoms with Crippen molar-refractivity contribution in [3.8, 4) is 5.69 Å². The number of nitrogens with zero attached hydrogens (tertiary/aromatic N) is 3. The molecule has 6 heteroatoms. The van der Waals surface area contributed by atoms with Gasteiger partial charge in [-0.1, -0.05) is 159 Å². The largest absolute Gasteiger partial charge is 0.310 e. The van der Waals surface area contributed by atoms with E-state index in [1.54, 1.807) is 0 Å². The van der Waals surface area contributed by atoms with E-state index in [0.717, 1.165) is 5.69 Å². The van der Waals surface area contributed by atoms with E-state index >= 15 is 0 Å². The highest BCUT2D eigenvalue weighted by Gasteiger charge is 2.44. The van der Waals surface area contributed by atoms with Gasteiger partial charge in [-0.3, -0.25) is 0 Å². The van der Waals surface area contributed by atoms with Crippen LogP contribution in [0.3, 0.4) is 0 Å². The zero-order valence-electron chi connectivity index (χ0n) is 42.2. The van der Waals surface area contributed by atoms with Gasteiger partial charge in [0.05, 0.1) is 26.1 Å². The molecule has 0 atom stereocenters. The van der Waals surface area contributed by atoms with Crippen LogP contribution < -0.4 is 26.2 Å². The second-order valence-electron chi connectivity index (χ2n) is 23.1. The Hall–Kier alpha value is -6.60. The van der Waals surface area contributed by atoms with Gasteiger partial charge >= 0.3 is 0 Å². The number of aromatic nitrogens is 1. The molecule has 0 fully saturated rings. The van der Waals surface area contributed by atoms with E-state index < -0.39 is 0 Å². The Morgan fingerprint density at radius 2 is 1.00 bits per heavy atom. The minimum absolute atomic E-state index is 0.0152. The molecular weight excluding hydrogens is 886 g/mol. The molecule has 13 rings (SSSR count). The molecule has 0 N–H and O–H groups in total. The van der Waals surface area contributed by atoms with E-state index in [1.165, 1.54) is 130 Å². The SMILES string of the molecule is Cc1cc(C(C)(C)C)ccc1N(c1ccc2c(c1)N(c1cccc3c1sc1ccccc13)c1cc(C(C)(C)C)cc3c1B2c1cccc2c4sc5ccccc5c4n-3c12)c1ccc(C(C)(C)C)cc1C. The summed E-state index contributed by atoms with van der Waals surface area (Å²) in [6.07, 6.45) is 0. The lowest BCUT2D eigenvalue weighted by atomic mass is 9.33. The first-order chi connectivity index (χ1) is 33.5. The summed E-state index contributed by atoms with van der Waals surface area (Å²) in [5.41, 5.74) is 21.7. The first kappa shape index (κ1) is 43.4. The summed E-state index contributed by atoms with van der Waals surface area (Å²) in [6.45, 7) is 25.6. The lowest BCUT2D eigenvalue weighted by Gasteiger charge is -2.42. The van der Waals surface area contributed by atoms with Gasteiger partial charge in [0, 0.05) is 65.1 Å². The lowest BCUT2D eigenvalue weighted by Crippen LogP contribution is -2.60. The molecule has 0 aliphatic carbocycles. The van der Waals surface area contributed by atoms with Crippen molar-refractivity contribution in [3.05, 3.63) is 179 Å². The fourth-order valence-corrected chi connectivity index (χ4v) is 14.2. The van der Waals surface area contributed by atoms with Crippen molar-refractivity contribution < 1.29 is 0 Å². The summed E-state index contributed by atoms with van der Waals surface area (Å²) in [7, 11) is 0. The molecule has 11 aromatic rings. The standard InChI is InChI=1S/C64H58BN3S2/c1-37-32-39(62(3,4)5)26-30-49(37)66(50-31-27-40(33-38(50)2)63(6,7)8)42-28-29-47-52(36-42)67(51-23-17-20-44-43-18-12-14-24-55(43)69-60(44)51)53-34-41(64(9,10)11)35-54-57(53)65(47)48-22-16-21-46-58(48)68(54)59-45-19-13-15-25-56(45)70-61(46)59/h12-36H,1-11H3. The smallest absolute Gasteiger partial charge is 0.252 e. The normalized spacial score (nSPS) is 13.6. The maximum atomic E-state index is 2.67. The fourth-order valence-electron chi connectivity index (χ4n) is 11.8. The summed E-state index contributed by atoms with van der Waals surface area (Å²) in [6, 6.07) is 58.8. The van der Waals surface area contributed by atoms with Gasteiger partial charge in [-0.05, 0) is 129 Å². The predicted molar refractivity (Wildman–Crippen MR) is 309 cm³/mol. The van der Waals surface area contributed by atoms with Crippen LogP contribution in [0.4, 0.5) is 34.1 Å². The molecule has 2 aliphatic heterocycles. The highest BCUT2D eigenvalue weighted by molar-refractivity contribution is 7.27. The van der Waals surface area contributed by atoms with Crippen LogP contribution in [0.25, 0.3) is 57.1 Å². The average molecular weight is 944 g/mol. The Kier molecular flexibility index (Phi) is 9.28. The number of hydrogen-bond acceptors (Lipinski definition) is 4. The quantitative estimate of drug-likeness (QED) is 0.163. The van der Waals surface area contributed by atoms with Crippen LogP contribution in [0, 0.1) is 13.8 Å². The molecule has 3 aromatic heterocycles. The van der Waals surface area contributed by atoms with Crippen LogP contribution in [-0.2, 0) is 16.2 Å². The van der Waals surface area contributed by atoms with Crippen molar-refractivity contribution in [1.82, 2.24) is 4.57 Å². The molecule has 0 radical (unpaired) electrons. The van der Waals surface area contributed by atoms with Gasteiger partial charge in [0.25, 0.3) is 6.71 Å². The number of para-hydroxylation sites is 1. The lowest BCUT2D eigenvalue weighted by molar-refractivity contribution is 0.589. The van der Waals surface area contributed by atoms with Gasteiger partial charge in [0.2, 0.25) is 0 Å². The minimum Gasteiger partial charge on any atom is -0.310 e. The van der Waals surface area contributed by atoms with E-state index in [9.17, 15) is 0 Å². The van der Waals surface area contributed by atoms with Crippen molar-refractivity contribution in [2.24, 2.45) is 0 Å². The molecule has 8 aromatic carbocycles. The van der Waals surface area contributed by atoms with E-state index in [0.29, 0.717) is 0 Å². The van der Waals surface area contributed by atoms with Crippen molar-refractivity contribution in [2.75, 3.05) is 9.80 Å². The van der Waals surface area contributed by atoms with Crippen molar-refractivity contribution >= 4 is 131 Å². The molecule has 0 unspecified atom stereocenters. The Morgan fingerprint density at radius 1 is 0.429 bits per heavy atom. The number of hydrogen-bond donors (Lipinski definition) is 0. The minimum atomic E-state index is -0.123. The molecule has 70 heavy (non-hydrogen) atoms. The number of thiophene rings is 2. The van der Waals surface area contributed by atoms with Gasteiger partial charge in [-0.15, -0.1) is 22.7 Å². The van der Waals surface area contributed by atoms with Crippen molar-refractivity contribution in [2.45, 2.75) is 92.4 Å². The average Bonchev–Trinajstić information content (AvgIpc) is 4.00. The highest BCUT2D eigenvalue weighted by Crippen LogP contribution is 2.51. The Morgan fingerprint density at radius 3 is 1.66 bits per heavy atom. The van der Waals surface area contributed by atoms with Crippen LogP contribution in [-0.4, -0.2) is 11.3 Å². The van der Waals surface area contributed by atoms with E-state index in [1.807, 2.05) is 22.7 Å². The van der Waals surface area contributed by atoms with Crippen LogP contribution in [0.1, 0.15) is 90.1 Å². The summed E-state index contributed by atoms with van der Waals surface area (Å²) in [5, 5.41) is 5.27. The molecule has 5 heterocycles. The zero-order chi connectivity index (χ0) is 48.3. The van der Waals surface area contributed by atoms with Gasteiger partial charge in [0.15, 0.2) is 0 Å². The summed E-state index contributed by atoms with van der Waals surface area (Å²) < 4.78 is 7.98. The third kappa shape index (κ3) is 6.31. The highest BCUT2D eigenvalue weighted by atomic mass is 32.1. The first-order valence-corrected chi connectivity index (χ1v) is 26.6. The second-order valence-corrected chi connectivity index (χ2v) is 25.2. The fraction of sp³-hybridized carbons (Fsp3) is 0.219. The van der Waals surface area contributed by atoms with Gasteiger partial charge in [0.1, 0.15) is 0 Å². The summed E-state index contributed by atoms with van der Waals surface area (Å²) in [5.74, 6) is 0. The first-order valence-electron chi connectivity index (χ1n) is 25.0. The van der Waals surface area contributed by atoms with Crippen molar-refractivity contribution in [1.29, 1.82) is 0 Å². The predicted octanol–water partition coefficient (Wildman–Crippen LogP) is 17.0. The number of anilines is 6. The molecule has 344 valence electrons. The number of aryl methyl sites for hydroxylation is 2. The summed E-state index contributed by atoms with van der Waals surface area (Å²) in [4.78, 5) is 5.21. The van der Waals surface area contributed by atoms with Crippen molar-refractivity contribution in [3.63, 3.8) is 0 Å². The third-order valence-corrected chi connectivity index (χ3v) is 17.9. The maximum absolute atomic E-state index is 2.67. The van der Waals surface area contributed by atoms with Crippen LogP contribution in [0.15, 0.2) is 152 Å². The molecule has 2 aliphatic rings. The van der Waals surface area contributed by atoms with E-state index in [-0.39, 0.29) is 23.0 Å². The second kappa shape index (κ2) is 15.0. The van der Waals surface area contributed by atoms with Crippen LogP contribution >= 0.6 is 22.7 Å². The van der Waals surface area contributed by atoms with Crippen LogP contribution in [0.2, 0.25) is 0 Å². The molecule has 0 bridgehead atoms.